The highest BCUT2D eigenvalue weighted by Crippen LogP contribution is 2.39. The molecule has 6 nitrogen and oxygen atoms in total. The van der Waals surface area contributed by atoms with Crippen LogP contribution >= 0.6 is 24.0 Å². The van der Waals surface area contributed by atoms with E-state index in [4.69, 9.17) is 4.74 Å². The summed E-state index contributed by atoms with van der Waals surface area (Å²) in [5.74, 6) is 1.40. The minimum atomic E-state index is -0.281. The number of para-hydroxylation sites is 1. The largest absolute Gasteiger partial charge is 0.487 e. The number of aliphatic imine (C=N–C) groups is 1. The average Bonchev–Trinajstić information content (AvgIpc) is 2.70. The molecular weight excluding hydrogens is 491 g/mol. The van der Waals surface area contributed by atoms with Gasteiger partial charge in [0.15, 0.2) is 5.96 Å². The van der Waals surface area contributed by atoms with Crippen molar-refractivity contribution in [3.8, 4) is 5.75 Å². The Hall–Kier alpha value is -2.29. The van der Waals surface area contributed by atoms with Gasteiger partial charge in [-0.25, -0.2) is 4.99 Å². The number of hydrogen-bond donors (Lipinski definition) is 3. The van der Waals surface area contributed by atoms with E-state index in [9.17, 15) is 4.79 Å². The van der Waals surface area contributed by atoms with Crippen LogP contribution in [-0.4, -0.2) is 30.6 Å². The van der Waals surface area contributed by atoms with Crippen LogP contribution in [0.1, 0.15) is 44.4 Å². The molecule has 0 saturated heterocycles. The van der Waals surface area contributed by atoms with Crippen LogP contribution in [0.15, 0.2) is 59.6 Å². The number of hydrogen-bond acceptors (Lipinski definition) is 3. The fraction of sp³-hybridized carbons (Fsp3) is 0.391. The van der Waals surface area contributed by atoms with Crippen molar-refractivity contribution in [2.24, 2.45) is 4.99 Å². The number of halogens is 1. The van der Waals surface area contributed by atoms with Gasteiger partial charge in [-0.2, -0.15) is 0 Å². The van der Waals surface area contributed by atoms with Crippen LogP contribution in [0.3, 0.4) is 0 Å². The Balaban J connectivity index is 0.00000320. The summed E-state index contributed by atoms with van der Waals surface area (Å²) in [5, 5.41) is 9.62. The maximum absolute atomic E-state index is 12.2. The van der Waals surface area contributed by atoms with Gasteiger partial charge in [0.2, 0.25) is 5.91 Å². The molecular formula is C23H31IN4O2. The van der Waals surface area contributed by atoms with Crippen molar-refractivity contribution in [3.05, 3.63) is 65.7 Å². The summed E-state index contributed by atoms with van der Waals surface area (Å²) < 4.78 is 6.10. The zero-order valence-corrected chi connectivity index (χ0v) is 20.1. The van der Waals surface area contributed by atoms with Crippen molar-refractivity contribution in [2.45, 2.75) is 45.4 Å². The average molecular weight is 522 g/mol. The van der Waals surface area contributed by atoms with Gasteiger partial charge < -0.3 is 20.7 Å². The highest BCUT2D eigenvalue weighted by Gasteiger charge is 2.33. The molecule has 7 heteroatoms. The molecule has 1 amide bonds. The fourth-order valence-electron chi connectivity index (χ4n) is 3.42. The molecule has 0 bridgehead atoms. The van der Waals surface area contributed by atoms with E-state index in [0.717, 1.165) is 23.3 Å². The normalized spacial score (nSPS) is 17.0. The van der Waals surface area contributed by atoms with E-state index in [1.807, 2.05) is 55.5 Å². The van der Waals surface area contributed by atoms with Crippen LogP contribution in [-0.2, 0) is 11.3 Å². The lowest BCUT2D eigenvalue weighted by Crippen LogP contribution is -2.45. The highest BCUT2D eigenvalue weighted by molar-refractivity contribution is 14.0. The van der Waals surface area contributed by atoms with Gasteiger partial charge in [-0.1, -0.05) is 48.5 Å². The van der Waals surface area contributed by atoms with Crippen molar-refractivity contribution in [2.75, 3.05) is 13.1 Å². The van der Waals surface area contributed by atoms with Gasteiger partial charge in [-0.15, -0.1) is 24.0 Å². The van der Waals surface area contributed by atoms with Crippen molar-refractivity contribution in [1.82, 2.24) is 16.0 Å². The first-order chi connectivity index (χ1) is 14.0. The number of guanidine groups is 1. The Labute approximate surface area is 195 Å². The minimum absolute atomic E-state index is 0. The number of amides is 1. The first-order valence-corrected chi connectivity index (χ1v) is 10.1. The summed E-state index contributed by atoms with van der Waals surface area (Å²) in [5.41, 5.74) is 1.89. The van der Waals surface area contributed by atoms with Gasteiger partial charge >= 0.3 is 0 Å². The van der Waals surface area contributed by atoms with Crippen LogP contribution in [0.4, 0.5) is 0 Å². The molecule has 1 unspecified atom stereocenters. The number of nitrogens with zero attached hydrogens (tertiary/aromatic N) is 1. The van der Waals surface area contributed by atoms with Crippen LogP contribution in [0, 0.1) is 0 Å². The minimum Gasteiger partial charge on any atom is -0.487 e. The van der Waals surface area contributed by atoms with E-state index in [-0.39, 0.29) is 48.1 Å². The number of carbonyl (C=O) groups is 1. The van der Waals surface area contributed by atoms with Crippen LogP contribution < -0.4 is 20.7 Å². The molecule has 30 heavy (non-hydrogen) atoms. The maximum Gasteiger partial charge on any atom is 0.242 e. The molecule has 1 heterocycles. The van der Waals surface area contributed by atoms with Crippen LogP contribution in [0.2, 0.25) is 0 Å². The third-order valence-corrected chi connectivity index (χ3v) is 4.74. The van der Waals surface area contributed by atoms with Gasteiger partial charge in [-0.05, 0) is 32.4 Å². The number of benzene rings is 2. The molecule has 3 N–H and O–H groups in total. The first-order valence-electron chi connectivity index (χ1n) is 10.1. The predicted octanol–water partition coefficient (Wildman–Crippen LogP) is 3.78. The van der Waals surface area contributed by atoms with Crippen molar-refractivity contribution in [3.63, 3.8) is 0 Å². The molecule has 0 aliphatic carbocycles. The summed E-state index contributed by atoms with van der Waals surface area (Å²) >= 11 is 0. The number of ether oxygens (including phenoxy) is 1. The van der Waals surface area contributed by atoms with Crippen LogP contribution in [0.25, 0.3) is 0 Å². The smallest absolute Gasteiger partial charge is 0.242 e. The molecule has 0 fully saturated rings. The maximum atomic E-state index is 12.2. The SMILES string of the molecule is CCNC(=NCC(=O)NCc1ccccc1)NC1CC(C)(C)Oc2ccccc21.I. The van der Waals surface area contributed by atoms with E-state index in [0.29, 0.717) is 19.0 Å². The van der Waals surface area contributed by atoms with Gasteiger partial charge in [-0.3, -0.25) is 4.79 Å². The van der Waals surface area contributed by atoms with Gasteiger partial charge in [0, 0.05) is 25.1 Å². The standard InChI is InChI=1S/C23H30N4O2.HI/c1-4-24-22(26-16-21(28)25-15-17-10-6-5-7-11-17)27-19-14-23(2,3)29-20-13-9-8-12-18(19)20;/h5-13,19H,4,14-16H2,1-3H3,(H,25,28)(H2,24,26,27);1H. The Morgan fingerprint density at radius 3 is 2.53 bits per heavy atom. The summed E-state index contributed by atoms with van der Waals surface area (Å²) in [6, 6.07) is 18.0. The first kappa shape index (κ1) is 24.0. The summed E-state index contributed by atoms with van der Waals surface area (Å²) in [6.45, 7) is 7.45. The van der Waals surface area contributed by atoms with E-state index in [1.54, 1.807) is 0 Å². The lowest BCUT2D eigenvalue weighted by atomic mass is 9.90. The Kier molecular flexibility index (Phi) is 8.95. The molecule has 1 atom stereocenters. The zero-order chi connectivity index (χ0) is 20.7. The Bertz CT molecular complexity index is 855. The molecule has 3 rings (SSSR count). The molecule has 1 aliphatic heterocycles. The fourth-order valence-corrected chi connectivity index (χ4v) is 3.42. The Morgan fingerprint density at radius 2 is 1.80 bits per heavy atom. The quantitative estimate of drug-likeness (QED) is 0.307. The Morgan fingerprint density at radius 1 is 1.10 bits per heavy atom. The van der Waals surface area contributed by atoms with Crippen LogP contribution in [0.5, 0.6) is 5.75 Å². The molecule has 162 valence electrons. The number of nitrogens with one attached hydrogen (secondary N) is 3. The molecule has 2 aromatic rings. The third kappa shape index (κ3) is 6.90. The second-order valence-corrected chi connectivity index (χ2v) is 7.76. The zero-order valence-electron chi connectivity index (χ0n) is 17.8. The van der Waals surface area contributed by atoms with Gasteiger partial charge in [0.05, 0.1) is 6.04 Å². The third-order valence-electron chi connectivity index (χ3n) is 4.74. The summed E-state index contributed by atoms with van der Waals surface area (Å²) in [4.78, 5) is 16.7. The topological polar surface area (TPSA) is 74.8 Å². The predicted molar refractivity (Wildman–Crippen MR) is 131 cm³/mol. The number of fused-ring (bicyclic) bond motifs is 1. The monoisotopic (exact) mass is 522 g/mol. The van der Waals surface area contributed by atoms with Crippen molar-refractivity contribution < 1.29 is 9.53 Å². The molecule has 0 radical (unpaired) electrons. The lowest BCUT2D eigenvalue weighted by Gasteiger charge is -2.38. The van der Waals surface area contributed by atoms with Crippen molar-refractivity contribution >= 4 is 35.8 Å². The molecule has 1 aliphatic rings. The highest BCUT2D eigenvalue weighted by atomic mass is 127. The van der Waals surface area contributed by atoms with E-state index in [1.165, 1.54) is 0 Å². The molecule has 0 saturated carbocycles. The number of rotatable bonds is 6. The van der Waals surface area contributed by atoms with E-state index in [2.05, 4.69) is 40.9 Å². The summed E-state index contributed by atoms with van der Waals surface area (Å²) in [7, 11) is 0. The van der Waals surface area contributed by atoms with E-state index < -0.39 is 0 Å². The van der Waals surface area contributed by atoms with E-state index >= 15 is 0 Å². The van der Waals surface area contributed by atoms with Gasteiger partial charge in [0.25, 0.3) is 0 Å². The van der Waals surface area contributed by atoms with Crippen molar-refractivity contribution in [1.29, 1.82) is 0 Å². The molecule has 2 aromatic carbocycles. The second-order valence-electron chi connectivity index (χ2n) is 7.76. The molecule has 0 spiro atoms. The summed E-state index contributed by atoms with van der Waals surface area (Å²) in [6.07, 6.45) is 0.800. The second kappa shape index (κ2) is 11.2. The van der Waals surface area contributed by atoms with Gasteiger partial charge in [0.1, 0.15) is 17.9 Å². The number of carbonyl (C=O) groups excluding carboxylic acids is 1. The molecule has 0 aromatic heterocycles. The lowest BCUT2D eigenvalue weighted by molar-refractivity contribution is -0.119.